The number of hydrogen-bond acceptors (Lipinski definition) is 3. The first kappa shape index (κ1) is 12.2. The van der Waals surface area contributed by atoms with E-state index in [1.54, 1.807) is 0 Å². The molecule has 0 radical (unpaired) electrons. The van der Waals surface area contributed by atoms with Crippen LogP contribution in [-0.4, -0.2) is 19.1 Å². The van der Waals surface area contributed by atoms with Crippen molar-refractivity contribution in [2.45, 2.75) is 38.1 Å². The van der Waals surface area contributed by atoms with Gasteiger partial charge in [0.2, 0.25) is 0 Å². The van der Waals surface area contributed by atoms with E-state index >= 15 is 0 Å². The predicted molar refractivity (Wildman–Crippen MR) is 63.2 cm³/mol. The fraction of sp³-hybridized carbons (Fsp3) is 0.917. The molecule has 0 aliphatic heterocycles. The first-order valence-electron chi connectivity index (χ1n) is 5.98. The lowest BCUT2D eigenvalue weighted by atomic mass is 9.48. The Kier molecular flexibility index (Phi) is 2.96. The maximum Gasteiger partial charge on any atom is 0.311 e. The highest BCUT2D eigenvalue weighted by atomic mass is 35.5. The number of carbonyl (C=O) groups excluding carboxylic acids is 1. The molecule has 0 saturated heterocycles. The van der Waals surface area contributed by atoms with Gasteiger partial charge >= 0.3 is 5.97 Å². The molecule has 4 bridgehead atoms. The first-order valence-corrected chi connectivity index (χ1v) is 5.98. The summed E-state index contributed by atoms with van der Waals surface area (Å²) >= 11 is 0. The van der Waals surface area contributed by atoms with Crippen LogP contribution in [0, 0.1) is 23.2 Å². The molecule has 2 unspecified atom stereocenters. The molecular formula is C12H20ClNO2. The summed E-state index contributed by atoms with van der Waals surface area (Å²) in [7, 11) is 1.51. The minimum Gasteiger partial charge on any atom is -0.469 e. The topological polar surface area (TPSA) is 52.3 Å². The summed E-state index contributed by atoms with van der Waals surface area (Å²) in [4.78, 5) is 11.9. The van der Waals surface area contributed by atoms with Crippen molar-refractivity contribution in [1.82, 2.24) is 0 Å². The van der Waals surface area contributed by atoms with Crippen molar-refractivity contribution in [3.8, 4) is 0 Å². The van der Waals surface area contributed by atoms with Crippen molar-refractivity contribution < 1.29 is 9.53 Å². The predicted octanol–water partition coefficient (Wildman–Crippen LogP) is 1.73. The van der Waals surface area contributed by atoms with E-state index in [1.165, 1.54) is 20.0 Å². The van der Waals surface area contributed by atoms with Crippen molar-refractivity contribution in [2.24, 2.45) is 28.9 Å². The molecule has 4 heteroatoms. The van der Waals surface area contributed by atoms with Gasteiger partial charge in [-0.05, 0) is 49.9 Å². The monoisotopic (exact) mass is 245 g/mol. The zero-order valence-corrected chi connectivity index (χ0v) is 10.5. The molecule has 0 spiro atoms. The second-order valence-electron chi connectivity index (χ2n) is 5.82. The quantitative estimate of drug-likeness (QED) is 0.716. The first-order chi connectivity index (χ1) is 7.14. The van der Waals surface area contributed by atoms with E-state index in [9.17, 15) is 4.79 Å². The molecule has 4 aliphatic carbocycles. The Morgan fingerprint density at radius 3 is 2.31 bits per heavy atom. The van der Waals surface area contributed by atoms with Crippen LogP contribution < -0.4 is 5.73 Å². The molecule has 0 aromatic heterocycles. The van der Waals surface area contributed by atoms with Crippen LogP contribution in [0.5, 0.6) is 0 Å². The lowest BCUT2D eigenvalue weighted by Gasteiger charge is -2.57. The van der Waals surface area contributed by atoms with E-state index in [0.29, 0.717) is 17.9 Å². The Bertz CT molecular complexity index is 291. The van der Waals surface area contributed by atoms with Gasteiger partial charge in [-0.2, -0.15) is 0 Å². The van der Waals surface area contributed by atoms with E-state index in [-0.39, 0.29) is 23.8 Å². The standard InChI is InChI=1S/C12H19NO2.ClH/c1-15-11(14)12-4-7-2-8(5-12)10(13)9(3-7)6-12;/h7-10H,2-6,13H2,1H3;1H. The van der Waals surface area contributed by atoms with Gasteiger partial charge < -0.3 is 10.5 Å². The molecule has 3 nitrogen and oxygen atoms in total. The smallest absolute Gasteiger partial charge is 0.311 e. The second-order valence-corrected chi connectivity index (χ2v) is 5.82. The normalized spacial score (nSPS) is 48.6. The average Bonchev–Trinajstić information content (AvgIpc) is 2.23. The van der Waals surface area contributed by atoms with Crippen molar-refractivity contribution in [3.05, 3.63) is 0 Å². The molecule has 4 aliphatic rings. The van der Waals surface area contributed by atoms with Gasteiger partial charge in [-0.15, -0.1) is 12.4 Å². The van der Waals surface area contributed by atoms with Crippen LogP contribution >= 0.6 is 12.4 Å². The Labute approximate surface area is 103 Å². The number of esters is 1. The average molecular weight is 246 g/mol. The summed E-state index contributed by atoms with van der Waals surface area (Å²) in [6.07, 6.45) is 5.51. The number of ether oxygens (including phenoxy) is 1. The van der Waals surface area contributed by atoms with E-state index in [1.807, 2.05) is 0 Å². The Hall–Kier alpha value is -0.280. The van der Waals surface area contributed by atoms with Crippen LogP contribution in [0.25, 0.3) is 0 Å². The molecular weight excluding hydrogens is 226 g/mol. The van der Waals surface area contributed by atoms with Crippen LogP contribution in [0.3, 0.4) is 0 Å². The number of hydrogen-bond donors (Lipinski definition) is 1. The minimum absolute atomic E-state index is 0. The minimum atomic E-state index is -0.152. The number of halogens is 1. The third kappa shape index (κ3) is 1.48. The summed E-state index contributed by atoms with van der Waals surface area (Å²) in [6, 6.07) is 0.347. The summed E-state index contributed by atoms with van der Waals surface area (Å²) in [6.45, 7) is 0. The van der Waals surface area contributed by atoms with Gasteiger partial charge in [-0.3, -0.25) is 4.79 Å². The zero-order valence-electron chi connectivity index (χ0n) is 9.65. The summed E-state index contributed by atoms with van der Waals surface area (Å²) in [5.74, 6) is 1.92. The molecule has 4 rings (SSSR count). The lowest BCUT2D eigenvalue weighted by Crippen LogP contribution is -2.59. The van der Waals surface area contributed by atoms with Crippen LogP contribution in [0.2, 0.25) is 0 Å². The molecule has 2 N–H and O–H groups in total. The van der Waals surface area contributed by atoms with Crippen molar-refractivity contribution in [1.29, 1.82) is 0 Å². The Morgan fingerprint density at radius 2 is 1.81 bits per heavy atom. The van der Waals surface area contributed by atoms with Gasteiger partial charge in [0.15, 0.2) is 0 Å². The molecule has 4 saturated carbocycles. The largest absolute Gasteiger partial charge is 0.469 e. The Morgan fingerprint density at radius 1 is 1.25 bits per heavy atom. The highest BCUT2D eigenvalue weighted by Gasteiger charge is 2.58. The SMILES string of the molecule is COC(=O)C12CC3CC(C1)C(N)C(C3)C2.Cl. The molecule has 4 fully saturated rings. The third-order valence-corrected chi connectivity index (χ3v) is 4.96. The maximum absolute atomic E-state index is 11.9. The van der Waals surface area contributed by atoms with Crippen molar-refractivity contribution >= 4 is 18.4 Å². The van der Waals surface area contributed by atoms with E-state index in [2.05, 4.69) is 0 Å². The third-order valence-electron chi connectivity index (χ3n) is 4.96. The molecule has 0 aromatic rings. The van der Waals surface area contributed by atoms with Crippen LogP contribution in [0.1, 0.15) is 32.1 Å². The molecule has 0 aromatic carbocycles. The number of nitrogens with two attached hydrogens (primary N) is 1. The summed E-state index contributed by atoms with van der Waals surface area (Å²) in [5, 5.41) is 0. The Balaban J connectivity index is 0.000000963. The summed E-state index contributed by atoms with van der Waals surface area (Å²) < 4.78 is 4.99. The molecule has 0 heterocycles. The van der Waals surface area contributed by atoms with Gasteiger partial charge in [0.1, 0.15) is 0 Å². The van der Waals surface area contributed by atoms with Crippen molar-refractivity contribution in [2.75, 3.05) is 7.11 Å². The van der Waals surface area contributed by atoms with E-state index in [4.69, 9.17) is 10.5 Å². The van der Waals surface area contributed by atoms with Gasteiger partial charge in [-0.1, -0.05) is 0 Å². The molecule has 2 atom stereocenters. The summed E-state index contributed by atoms with van der Waals surface area (Å²) in [5.41, 5.74) is 6.06. The second kappa shape index (κ2) is 3.88. The van der Waals surface area contributed by atoms with Gasteiger partial charge in [0.05, 0.1) is 12.5 Å². The molecule has 0 amide bonds. The van der Waals surface area contributed by atoms with E-state index in [0.717, 1.165) is 25.2 Å². The van der Waals surface area contributed by atoms with Crippen LogP contribution in [-0.2, 0) is 9.53 Å². The van der Waals surface area contributed by atoms with Crippen LogP contribution in [0.4, 0.5) is 0 Å². The highest BCUT2D eigenvalue weighted by Crippen LogP contribution is 2.59. The maximum atomic E-state index is 11.9. The highest BCUT2D eigenvalue weighted by molar-refractivity contribution is 5.85. The number of rotatable bonds is 1. The van der Waals surface area contributed by atoms with E-state index < -0.39 is 0 Å². The fourth-order valence-corrected chi connectivity index (χ4v) is 4.53. The van der Waals surface area contributed by atoms with Gasteiger partial charge in [0.25, 0.3) is 0 Å². The van der Waals surface area contributed by atoms with Gasteiger partial charge in [-0.25, -0.2) is 0 Å². The molecule has 92 valence electrons. The number of carbonyl (C=O) groups is 1. The number of methoxy groups -OCH3 is 1. The zero-order chi connectivity index (χ0) is 10.6. The fourth-order valence-electron chi connectivity index (χ4n) is 4.53. The molecule has 16 heavy (non-hydrogen) atoms. The van der Waals surface area contributed by atoms with Gasteiger partial charge in [0, 0.05) is 6.04 Å². The van der Waals surface area contributed by atoms with Crippen LogP contribution in [0.15, 0.2) is 0 Å². The lowest BCUT2D eigenvalue weighted by molar-refractivity contribution is -0.169. The van der Waals surface area contributed by atoms with Crippen molar-refractivity contribution in [3.63, 3.8) is 0 Å².